The predicted molar refractivity (Wildman–Crippen MR) is 75.6 cm³/mol. The van der Waals surface area contributed by atoms with Crippen molar-refractivity contribution in [3.05, 3.63) is 40.6 Å². The molecule has 0 aliphatic heterocycles. The Morgan fingerprint density at radius 2 is 2.20 bits per heavy atom. The minimum Gasteiger partial charge on any atom is -0.396 e. The van der Waals surface area contributed by atoms with Crippen LogP contribution >= 0.6 is 0 Å². The number of hydrogen-bond acceptors (Lipinski definition) is 5. The van der Waals surface area contributed by atoms with Crippen molar-refractivity contribution in [2.24, 2.45) is 5.41 Å². The maximum Gasteiger partial charge on any atom is 0.295 e. The highest BCUT2D eigenvalue weighted by atomic mass is 16.6. The van der Waals surface area contributed by atoms with E-state index in [0.717, 1.165) is 23.9 Å². The molecule has 2 N–H and O–H groups in total. The molecule has 1 aliphatic carbocycles. The third-order valence-corrected chi connectivity index (χ3v) is 3.89. The summed E-state index contributed by atoms with van der Waals surface area (Å²) in [5, 5.41) is 24.4. The van der Waals surface area contributed by atoms with Crippen molar-refractivity contribution in [2.75, 3.05) is 18.5 Å². The van der Waals surface area contributed by atoms with Crippen LogP contribution in [0.15, 0.2) is 30.5 Å². The Kier molecular flexibility index (Phi) is 3.02. The lowest BCUT2D eigenvalue weighted by Gasteiger charge is -2.15. The molecule has 0 bridgehead atoms. The molecule has 1 heterocycles. The molecule has 0 spiro atoms. The van der Waals surface area contributed by atoms with Gasteiger partial charge in [0.1, 0.15) is 5.52 Å². The van der Waals surface area contributed by atoms with Crippen molar-refractivity contribution in [3.8, 4) is 0 Å². The van der Waals surface area contributed by atoms with Gasteiger partial charge in [-0.25, -0.2) is 4.98 Å². The number of hydrogen-bond donors (Lipinski definition) is 2. The molecule has 0 radical (unpaired) electrons. The fraction of sp³-hybridized carbons (Fsp3) is 0.357. The monoisotopic (exact) mass is 273 g/mol. The number of aliphatic hydroxyl groups is 1. The van der Waals surface area contributed by atoms with Crippen LogP contribution in [0.5, 0.6) is 0 Å². The Morgan fingerprint density at radius 1 is 1.40 bits per heavy atom. The van der Waals surface area contributed by atoms with Crippen molar-refractivity contribution in [1.82, 2.24) is 4.98 Å². The van der Waals surface area contributed by atoms with Crippen molar-refractivity contribution >= 4 is 22.3 Å². The molecule has 1 fully saturated rings. The zero-order chi connectivity index (χ0) is 14.2. The van der Waals surface area contributed by atoms with E-state index >= 15 is 0 Å². The van der Waals surface area contributed by atoms with Crippen LogP contribution in [0.2, 0.25) is 0 Å². The number of nitro groups is 1. The number of benzene rings is 1. The minimum absolute atomic E-state index is 0.00874. The van der Waals surface area contributed by atoms with E-state index in [2.05, 4.69) is 10.3 Å². The second kappa shape index (κ2) is 4.72. The molecular weight excluding hydrogens is 258 g/mol. The van der Waals surface area contributed by atoms with Crippen LogP contribution in [-0.2, 0) is 0 Å². The minimum atomic E-state index is -0.421. The van der Waals surface area contributed by atoms with E-state index in [0.29, 0.717) is 12.1 Å². The molecule has 0 saturated heterocycles. The average Bonchev–Trinajstić information content (AvgIpc) is 3.25. The summed E-state index contributed by atoms with van der Waals surface area (Å²) < 4.78 is 0. The van der Waals surface area contributed by atoms with Gasteiger partial charge in [-0.2, -0.15) is 0 Å². The maximum atomic E-state index is 11.0. The molecule has 6 nitrogen and oxygen atoms in total. The summed E-state index contributed by atoms with van der Waals surface area (Å²) in [5.41, 5.74) is 1.19. The standard InChI is InChI=1S/C14H15N3O3/c18-9-14(5-6-14)8-16-11-3-4-12(17(19)20)13-10(11)2-1-7-15-13/h1-4,7,16,18H,5-6,8-9H2. The lowest BCUT2D eigenvalue weighted by atomic mass is 10.1. The first-order valence-corrected chi connectivity index (χ1v) is 6.52. The molecule has 1 aromatic carbocycles. The molecule has 0 amide bonds. The predicted octanol–water partition coefficient (Wildman–Crippen LogP) is 2.33. The smallest absolute Gasteiger partial charge is 0.295 e. The zero-order valence-corrected chi connectivity index (χ0v) is 10.9. The molecule has 3 rings (SSSR count). The van der Waals surface area contributed by atoms with Crippen LogP contribution in [0.3, 0.4) is 0 Å². The van der Waals surface area contributed by atoms with Crippen LogP contribution in [0.4, 0.5) is 11.4 Å². The highest BCUT2D eigenvalue weighted by Gasteiger charge is 2.41. The molecule has 1 aliphatic rings. The topological polar surface area (TPSA) is 88.3 Å². The first-order chi connectivity index (χ1) is 9.65. The van der Waals surface area contributed by atoms with Gasteiger partial charge in [-0.05, 0) is 31.0 Å². The van der Waals surface area contributed by atoms with Gasteiger partial charge >= 0.3 is 0 Å². The lowest BCUT2D eigenvalue weighted by molar-refractivity contribution is -0.383. The summed E-state index contributed by atoms with van der Waals surface area (Å²) >= 11 is 0. The van der Waals surface area contributed by atoms with Crippen LogP contribution < -0.4 is 5.32 Å². The van der Waals surface area contributed by atoms with Gasteiger partial charge in [-0.1, -0.05) is 0 Å². The van der Waals surface area contributed by atoms with Gasteiger partial charge in [0, 0.05) is 35.3 Å². The Labute approximate surface area is 115 Å². The molecular formula is C14H15N3O3. The fourth-order valence-electron chi connectivity index (χ4n) is 2.31. The number of rotatable bonds is 5. The van der Waals surface area contributed by atoms with Gasteiger partial charge in [0.25, 0.3) is 5.69 Å². The summed E-state index contributed by atoms with van der Waals surface area (Å²) in [7, 11) is 0. The molecule has 1 aromatic heterocycles. The molecule has 0 unspecified atom stereocenters. The number of aliphatic hydroxyl groups excluding tert-OH is 1. The number of nitrogens with zero attached hydrogens (tertiary/aromatic N) is 2. The SMILES string of the molecule is O=[N+]([O-])c1ccc(NCC2(CO)CC2)c2cccnc12. The van der Waals surface area contributed by atoms with Crippen LogP contribution in [-0.4, -0.2) is 28.2 Å². The Hall–Kier alpha value is -2.21. The van der Waals surface area contributed by atoms with E-state index in [1.807, 2.05) is 6.07 Å². The van der Waals surface area contributed by atoms with Gasteiger partial charge in [0.15, 0.2) is 0 Å². The number of nitrogens with one attached hydrogen (secondary N) is 1. The van der Waals surface area contributed by atoms with Crippen molar-refractivity contribution < 1.29 is 10.0 Å². The summed E-state index contributed by atoms with van der Waals surface area (Å²) in [6.07, 6.45) is 3.58. The number of fused-ring (bicyclic) bond motifs is 1. The van der Waals surface area contributed by atoms with E-state index < -0.39 is 4.92 Å². The third kappa shape index (κ3) is 2.18. The number of pyridine rings is 1. The Balaban J connectivity index is 1.96. The molecule has 6 heteroatoms. The highest BCUT2D eigenvalue weighted by molar-refractivity contribution is 5.96. The van der Waals surface area contributed by atoms with Crippen LogP contribution in [0.1, 0.15) is 12.8 Å². The van der Waals surface area contributed by atoms with Gasteiger partial charge in [-0.3, -0.25) is 10.1 Å². The first-order valence-electron chi connectivity index (χ1n) is 6.52. The van der Waals surface area contributed by atoms with Gasteiger partial charge in [0.05, 0.1) is 11.5 Å². The molecule has 1 saturated carbocycles. The summed E-state index contributed by atoms with van der Waals surface area (Å²) in [4.78, 5) is 14.7. The van der Waals surface area contributed by atoms with Crippen molar-refractivity contribution in [1.29, 1.82) is 0 Å². The number of aromatic nitrogens is 1. The van der Waals surface area contributed by atoms with Gasteiger partial charge < -0.3 is 10.4 Å². The van der Waals surface area contributed by atoms with E-state index in [-0.39, 0.29) is 17.7 Å². The Bertz CT molecular complexity index is 668. The van der Waals surface area contributed by atoms with Crippen LogP contribution in [0, 0.1) is 15.5 Å². The fourth-order valence-corrected chi connectivity index (χ4v) is 2.31. The van der Waals surface area contributed by atoms with E-state index in [1.165, 1.54) is 6.07 Å². The maximum absolute atomic E-state index is 11.0. The summed E-state index contributed by atoms with van der Waals surface area (Å²) in [5.74, 6) is 0. The highest BCUT2D eigenvalue weighted by Crippen LogP contribution is 2.45. The first kappa shape index (κ1) is 12.8. The second-order valence-electron chi connectivity index (χ2n) is 5.30. The molecule has 0 atom stereocenters. The number of nitro benzene ring substituents is 1. The van der Waals surface area contributed by atoms with Gasteiger partial charge in [0.2, 0.25) is 0 Å². The molecule has 20 heavy (non-hydrogen) atoms. The van der Waals surface area contributed by atoms with Crippen LogP contribution in [0.25, 0.3) is 10.9 Å². The summed E-state index contributed by atoms with van der Waals surface area (Å²) in [6, 6.07) is 6.75. The number of non-ortho nitro benzene ring substituents is 1. The average molecular weight is 273 g/mol. The molecule has 104 valence electrons. The Morgan fingerprint density at radius 3 is 2.85 bits per heavy atom. The second-order valence-corrected chi connectivity index (χ2v) is 5.30. The van der Waals surface area contributed by atoms with E-state index in [9.17, 15) is 15.2 Å². The number of anilines is 1. The summed E-state index contributed by atoms with van der Waals surface area (Å²) in [6.45, 7) is 0.842. The normalized spacial score (nSPS) is 16.1. The zero-order valence-electron chi connectivity index (χ0n) is 10.9. The molecule has 2 aromatic rings. The van der Waals surface area contributed by atoms with E-state index in [4.69, 9.17) is 0 Å². The quantitative estimate of drug-likeness (QED) is 0.644. The third-order valence-electron chi connectivity index (χ3n) is 3.89. The van der Waals surface area contributed by atoms with Gasteiger partial charge in [-0.15, -0.1) is 0 Å². The lowest BCUT2D eigenvalue weighted by Crippen LogP contribution is -2.19. The van der Waals surface area contributed by atoms with Crippen molar-refractivity contribution in [3.63, 3.8) is 0 Å². The van der Waals surface area contributed by atoms with Crippen molar-refractivity contribution in [2.45, 2.75) is 12.8 Å². The van der Waals surface area contributed by atoms with E-state index in [1.54, 1.807) is 18.3 Å². The largest absolute Gasteiger partial charge is 0.396 e.